The van der Waals surface area contributed by atoms with Crippen molar-refractivity contribution < 1.29 is 9.47 Å². The minimum atomic E-state index is -0.0735. The van der Waals surface area contributed by atoms with Crippen LogP contribution in [0.5, 0.6) is 11.5 Å². The van der Waals surface area contributed by atoms with Crippen LogP contribution in [0.3, 0.4) is 0 Å². The number of nitrogens with one attached hydrogen (secondary N) is 1. The van der Waals surface area contributed by atoms with Gasteiger partial charge >= 0.3 is 0 Å². The van der Waals surface area contributed by atoms with Gasteiger partial charge < -0.3 is 14.8 Å². The van der Waals surface area contributed by atoms with E-state index in [4.69, 9.17) is 9.47 Å². The van der Waals surface area contributed by atoms with Gasteiger partial charge in [0.15, 0.2) is 0 Å². The first kappa shape index (κ1) is 15.8. The summed E-state index contributed by atoms with van der Waals surface area (Å²) >= 11 is 3.57. The first-order valence-electron chi connectivity index (χ1n) is 6.77. The van der Waals surface area contributed by atoms with Crippen molar-refractivity contribution in [3.63, 3.8) is 0 Å². The Kier molecular flexibility index (Phi) is 5.59. The maximum Gasteiger partial charge on any atom is 0.124 e. The lowest BCUT2D eigenvalue weighted by Crippen LogP contribution is -2.24. The van der Waals surface area contributed by atoms with Crippen molar-refractivity contribution in [3.05, 3.63) is 52.3 Å². The summed E-state index contributed by atoms with van der Waals surface area (Å²) in [5.74, 6) is 1.60. The van der Waals surface area contributed by atoms with Crippen molar-refractivity contribution in [1.29, 1.82) is 0 Å². The Morgan fingerprint density at radius 1 is 1.24 bits per heavy atom. The molecule has 0 fully saturated rings. The van der Waals surface area contributed by atoms with Crippen LogP contribution < -0.4 is 14.8 Å². The zero-order chi connectivity index (χ0) is 15.2. The molecule has 0 spiro atoms. The molecule has 5 heteroatoms. The number of rotatable bonds is 6. The van der Waals surface area contributed by atoms with Crippen molar-refractivity contribution in [3.8, 4) is 11.5 Å². The zero-order valence-electron chi connectivity index (χ0n) is 12.4. The van der Waals surface area contributed by atoms with E-state index in [0.29, 0.717) is 0 Å². The molecule has 1 N–H and O–H groups in total. The Morgan fingerprint density at radius 3 is 2.67 bits per heavy atom. The Balaban J connectivity index is 2.54. The molecule has 0 saturated carbocycles. The van der Waals surface area contributed by atoms with Gasteiger partial charge in [-0.05, 0) is 52.8 Å². The van der Waals surface area contributed by atoms with Crippen molar-refractivity contribution in [2.75, 3.05) is 20.8 Å². The molecule has 0 aliphatic heterocycles. The van der Waals surface area contributed by atoms with Gasteiger partial charge in [-0.2, -0.15) is 0 Å². The van der Waals surface area contributed by atoms with E-state index < -0.39 is 0 Å². The fraction of sp³-hybridized carbons (Fsp3) is 0.312. The van der Waals surface area contributed by atoms with Crippen LogP contribution in [0.4, 0.5) is 0 Å². The predicted molar refractivity (Wildman–Crippen MR) is 87.0 cm³/mol. The van der Waals surface area contributed by atoms with Crippen LogP contribution in [0.1, 0.15) is 24.2 Å². The van der Waals surface area contributed by atoms with E-state index in [1.54, 1.807) is 20.4 Å². The number of methoxy groups -OCH3 is 2. The van der Waals surface area contributed by atoms with Crippen molar-refractivity contribution in [2.24, 2.45) is 0 Å². The Morgan fingerprint density at radius 2 is 2.05 bits per heavy atom. The maximum absolute atomic E-state index is 5.49. The van der Waals surface area contributed by atoms with Gasteiger partial charge in [-0.1, -0.05) is 6.92 Å². The number of benzene rings is 1. The summed E-state index contributed by atoms with van der Waals surface area (Å²) in [7, 11) is 3.33. The summed E-state index contributed by atoms with van der Waals surface area (Å²) in [5, 5.41) is 3.45. The molecule has 1 atom stereocenters. The third kappa shape index (κ3) is 3.54. The third-order valence-electron chi connectivity index (χ3n) is 3.22. The molecule has 0 amide bonds. The monoisotopic (exact) mass is 350 g/mol. The fourth-order valence-electron chi connectivity index (χ4n) is 2.23. The Hall–Kier alpha value is -1.59. The normalized spacial score (nSPS) is 12.0. The van der Waals surface area contributed by atoms with Crippen LogP contribution in [-0.4, -0.2) is 25.7 Å². The number of halogens is 1. The first-order valence-corrected chi connectivity index (χ1v) is 7.56. The molecule has 1 aromatic carbocycles. The van der Waals surface area contributed by atoms with E-state index in [0.717, 1.165) is 33.8 Å². The van der Waals surface area contributed by atoms with Crippen molar-refractivity contribution in [1.82, 2.24) is 10.3 Å². The summed E-state index contributed by atoms with van der Waals surface area (Å²) in [6.45, 7) is 2.88. The second-order valence-electron chi connectivity index (χ2n) is 4.47. The largest absolute Gasteiger partial charge is 0.497 e. The van der Waals surface area contributed by atoms with E-state index >= 15 is 0 Å². The summed E-state index contributed by atoms with van der Waals surface area (Å²) in [6, 6.07) is 9.59. The minimum absolute atomic E-state index is 0.0735. The Labute approximate surface area is 133 Å². The van der Waals surface area contributed by atoms with Gasteiger partial charge in [-0.25, -0.2) is 0 Å². The molecule has 1 aromatic heterocycles. The number of hydrogen-bond donors (Lipinski definition) is 1. The van der Waals surface area contributed by atoms with E-state index in [2.05, 4.69) is 33.2 Å². The van der Waals surface area contributed by atoms with Gasteiger partial charge in [-0.3, -0.25) is 4.98 Å². The van der Waals surface area contributed by atoms with E-state index in [1.165, 1.54) is 0 Å². The molecular formula is C16H19BrN2O2. The quantitative estimate of drug-likeness (QED) is 0.864. The van der Waals surface area contributed by atoms with E-state index in [-0.39, 0.29) is 6.04 Å². The highest BCUT2D eigenvalue weighted by molar-refractivity contribution is 9.10. The smallest absolute Gasteiger partial charge is 0.124 e. The van der Waals surface area contributed by atoms with Gasteiger partial charge in [-0.15, -0.1) is 0 Å². The Bertz CT molecular complexity index is 605. The summed E-state index contributed by atoms with van der Waals surface area (Å²) in [5.41, 5.74) is 1.92. The predicted octanol–water partition coefficient (Wildman–Crippen LogP) is 3.56. The van der Waals surface area contributed by atoms with Crippen LogP contribution in [0.25, 0.3) is 0 Å². The summed E-state index contributed by atoms with van der Waals surface area (Å²) in [4.78, 5) is 4.50. The molecule has 0 aliphatic rings. The van der Waals surface area contributed by atoms with Crippen LogP contribution >= 0.6 is 15.9 Å². The topological polar surface area (TPSA) is 43.4 Å². The van der Waals surface area contributed by atoms with Crippen molar-refractivity contribution >= 4 is 15.9 Å². The van der Waals surface area contributed by atoms with Gasteiger partial charge in [0.1, 0.15) is 11.5 Å². The molecule has 2 rings (SSSR count). The lowest BCUT2D eigenvalue weighted by atomic mass is 10.0. The average molecular weight is 351 g/mol. The zero-order valence-corrected chi connectivity index (χ0v) is 14.0. The van der Waals surface area contributed by atoms with Crippen LogP contribution in [-0.2, 0) is 0 Å². The van der Waals surface area contributed by atoms with Gasteiger partial charge in [0, 0.05) is 16.2 Å². The fourth-order valence-corrected chi connectivity index (χ4v) is 2.72. The number of aromatic nitrogens is 1. The second-order valence-corrected chi connectivity index (χ2v) is 5.32. The minimum Gasteiger partial charge on any atom is -0.497 e. The number of nitrogens with zero attached hydrogens (tertiary/aromatic N) is 1. The maximum atomic E-state index is 5.49. The SMILES string of the molecule is CCNC(c1cc(OC)ccc1OC)c1ncccc1Br. The van der Waals surface area contributed by atoms with Crippen LogP contribution in [0.2, 0.25) is 0 Å². The summed E-state index contributed by atoms with van der Waals surface area (Å²) in [6.07, 6.45) is 1.79. The summed E-state index contributed by atoms with van der Waals surface area (Å²) < 4.78 is 11.8. The first-order chi connectivity index (χ1) is 10.2. The van der Waals surface area contributed by atoms with E-state index in [1.807, 2.05) is 30.3 Å². The molecule has 4 nitrogen and oxygen atoms in total. The molecule has 2 aromatic rings. The number of pyridine rings is 1. The number of hydrogen-bond acceptors (Lipinski definition) is 4. The van der Waals surface area contributed by atoms with E-state index in [9.17, 15) is 0 Å². The van der Waals surface area contributed by atoms with Gasteiger partial charge in [0.2, 0.25) is 0 Å². The average Bonchev–Trinajstić information content (AvgIpc) is 2.53. The van der Waals surface area contributed by atoms with Crippen molar-refractivity contribution in [2.45, 2.75) is 13.0 Å². The molecule has 1 unspecified atom stereocenters. The molecule has 1 heterocycles. The van der Waals surface area contributed by atoms with Crippen LogP contribution in [0, 0.1) is 0 Å². The molecule has 21 heavy (non-hydrogen) atoms. The van der Waals surface area contributed by atoms with Gasteiger partial charge in [0.05, 0.1) is 26.0 Å². The molecule has 0 radical (unpaired) electrons. The highest BCUT2D eigenvalue weighted by Crippen LogP contribution is 2.34. The van der Waals surface area contributed by atoms with Crippen LogP contribution in [0.15, 0.2) is 41.0 Å². The molecule has 0 saturated heterocycles. The second kappa shape index (κ2) is 7.43. The highest BCUT2D eigenvalue weighted by Gasteiger charge is 2.21. The third-order valence-corrected chi connectivity index (χ3v) is 3.89. The molecule has 0 bridgehead atoms. The number of ether oxygens (including phenoxy) is 2. The molecular weight excluding hydrogens is 332 g/mol. The lowest BCUT2D eigenvalue weighted by molar-refractivity contribution is 0.393. The molecule has 112 valence electrons. The highest BCUT2D eigenvalue weighted by atomic mass is 79.9. The molecule has 0 aliphatic carbocycles. The van der Waals surface area contributed by atoms with Gasteiger partial charge in [0.25, 0.3) is 0 Å². The standard InChI is InChI=1S/C16H19BrN2O2/c1-4-18-15(16-13(17)6-5-9-19-16)12-10-11(20-2)7-8-14(12)21-3/h5-10,15,18H,4H2,1-3H3. The lowest BCUT2D eigenvalue weighted by Gasteiger charge is -2.22.